The van der Waals surface area contributed by atoms with Gasteiger partial charge in [-0.2, -0.15) is 0 Å². The lowest BCUT2D eigenvalue weighted by molar-refractivity contribution is -0.120. The molecule has 0 spiro atoms. The van der Waals surface area contributed by atoms with Crippen LogP contribution < -0.4 is 20.1 Å². The van der Waals surface area contributed by atoms with Crippen LogP contribution in [0.5, 0.6) is 11.5 Å². The first-order valence-electron chi connectivity index (χ1n) is 6.83. The van der Waals surface area contributed by atoms with Crippen LogP contribution in [0, 0.1) is 12.8 Å². The highest BCUT2D eigenvalue weighted by Gasteiger charge is 2.29. The van der Waals surface area contributed by atoms with Crippen LogP contribution in [-0.2, 0) is 4.79 Å². The molecule has 5 nitrogen and oxygen atoms in total. The van der Waals surface area contributed by atoms with Crippen LogP contribution in [0.15, 0.2) is 12.1 Å². The Bertz CT molecular complexity index is 502. The van der Waals surface area contributed by atoms with Gasteiger partial charge in [0.25, 0.3) is 0 Å². The Labute approximate surface area is 119 Å². The molecule has 0 saturated carbocycles. The van der Waals surface area contributed by atoms with Crippen molar-refractivity contribution >= 4 is 11.6 Å². The summed E-state index contributed by atoms with van der Waals surface area (Å²) in [7, 11) is 3.18. The molecule has 5 heteroatoms. The number of methoxy groups -OCH3 is 2. The minimum Gasteiger partial charge on any atom is -0.493 e. The molecule has 2 unspecified atom stereocenters. The Morgan fingerprint density at radius 2 is 1.95 bits per heavy atom. The molecule has 2 N–H and O–H groups in total. The minimum atomic E-state index is 0.0162. The van der Waals surface area contributed by atoms with Crippen molar-refractivity contribution in [1.29, 1.82) is 0 Å². The molecular weight excluding hydrogens is 256 g/mol. The van der Waals surface area contributed by atoms with E-state index in [1.807, 2.05) is 19.9 Å². The van der Waals surface area contributed by atoms with E-state index in [1.165, 1.54) is 0 Å². The Morgan fingerprint density at radius 1 is 1.30 bits per heavy atom. The summed E-state index contributed by atoms with van der Waals surface area (Å²) in [4.78, 5) is 12.3. The van der Waals surface area contributed by atoms with Gasteiger partial charge >= 0.3 is 0 Å². The molecule has 1 aromatic carbocycles. The maximum Gasteiger partial charge on any atom is 0.229 e. The average molecular weight is 278 g/mol. The number of carbonyl (C=O) groups excluding carboxylic acids is 1. The highest BCUT2D eigenvalue weighted by molar-refractivity contribution is 5.94. The second kappa shape index (κ2) is 6.13. The molecule has 0 aliphatic carbocycles. The molecule has 0 bridgehead atoms. The van der Waals surface area contributed by atoms with Crippen LogP contribution >= 0.6 is 0 Å². The van der Waals surface area contributed by atoms with Crippen LogP contribution in [0.2, 0.25) is 0 Å². The molecule has 0 radical (unpaired) electrons. The molecule has 1 aromatic rings. The SMILES string of the molecule is COc1cc(C)c(NC(=O)C2CCNC2C)cc1OC. The van der Waals surface area contributed by atoms with E-state index in [4.69, 9.17) is 9.47 Å². The fourth-order valence-electron chi connectivity index (χ4n) is 2.56. The normalized spacial score (nSPS) is 21.6. The van der Waals surface area contributed by atoms with Gasteiger partial charge in [-0.1, -0.05) is 0 Å². The number of carbonyl (C=O) groups is 1. The second-order valence-corrected chi connectivity index (χ2v) is 5.15. The van der Waals surface area contributed by atoms with Crippen molar-refractivity contribution in [3.8, 4) is 11.5 Å². The summed E-state index contributed by atoms with van der Waals surface area (Å²) in [6.45, 7) is 4.87. The van der Waals surface area contributed by atoms with Gasteiger partial charge in [0.15, 0.2) is 11.5 Å². The van der Waals surface area contributed by atoms with Crippen molar-refractivity contribution in [3.05, 3.63) is 17.7 Å². The Kier molecular flexibility index (Phi) is 4.49. The highest BCUT2D eigenvalue weighted by Crippen LogP contribution is 2.33. The number of anilines is 1. The minimum absolute atomic E-state index is 0.0162. The number of nitrogens with one attached hydrogen (secondary N) is 2. The van der Waals surface area contributed by atoms with Crippen LogP contribution in [0.1, 0.15) is 18.9 Å². The molecule has 1 aliphatic rings. The first-order valence-corrected chi connectivity index (χ1v) is 6.83. The van der Waals surface area contributed by atoms with Crippen molar-refractivity contribution in [3.63, 3.8) is 0 Å². The van der Waals surface area contributed by atoms with Crippen LogP contribution in [0.25, 0.3) is 0 Å². The van der Waals surface area contributed by atoms with Crippen LogP contribution in [0.4, 0.5) is 5.69 Å². The molecule has 1 amide bonds. The number of hydrogen-bond donors (Lipinski definition) is 2. The molecule has 1 saturated heterocycles. The average Bonchev–Trinajstić information content (AvgIpc) is 2.86. The Morgan fingerprint density at radius 3 is 2.50 bits per heavy atom. The summed E-state index contributed by atoms with van der Waals surface area (Å²) in [5.74, 6) is 1.35. The topological polar surface area (TPSA) is 59.6 Å². The van der Waals surface area contributed by atoms with Crippen molar-refractivity contribution in [1.82, 2.24) is 5.32 Å². The summed E-state index contributed by atoms with van der Waals surface area (Å²) in [5.41, 5.74) is 1.72. The third-order valence-corrected chi connectivity index (χ3v) is 3.85. The third kappa shape index (κ3) is 2.88. The summed E-state index contributed by atoms with van der Waals surface area (Å²) >= 11 is 0. The van der Waals surface area contributed by atoms with E-state index in [-0.39, 0.29) is 17.9 Å². The number of ether oxygens (including phenoxy) is 2. The lowest BCUT2D eigenvalue weighted by atomic mass is 10.0. The number of hydrogen-bond acceptors (Lipinski definition) is 4. The van der Waals surface area contributed by atoms with E-state index < -0.39 is 0 Å². The predicted octanol–water partition coefficient (Wildman–Crippen LogP) is 1.95. The summed E-state index contributed by atoms with van der Waals surface area (Å²) in [5, 5.41) is 6.28. The fraction of sp³-hybridized carbons (Fsp3) is 0.533. The lowest BCUT2D eigenvalue weighted by Crippen LogP contribution is -2.32. The van der Waals surface area contributed by atoms with Gasteiger partial charge in [0.2, 0.25) is 5.91 Å². The smallest absolute Gasteiger partial charge is 0.229 e. The fourth-order valence-corrected chi connectivity index (χ4v) is 2.56. The molecular formula is C15H22N2O3. The summed E-state index contributed by atoms with van der Waals surface area (Å²) < 4.78 is 10.5. The van der Waals surface area contributed by atoms with Gasteiger partial charge in [-0.15, -0.1) is 0 Å². The van der Waals surface area contributed by atoms with E-state index in [0.29, 0.717) is 11.5 Å². The largest absolute Gasteiger partial charge is 0.493 e. The monoisotopic (exact) mass is 278 g/mol. The van der Waals surface area contributed by atoms with Crippen molar-refractivity contribution in [2.45, 2.75) is 26.3 Å². The zero-order valence-corrected chi connectivity index (χ0v) is 12.4. The Hall–Kier alpha value is -1.75. The molecule has 2 rings (SSSR count). The zero-order chi connectivity index (χ0) is 14.7. The van der Waals surface area contributed by atoms with Gasteiger partial charge in [-0.05, 0) is 38.4 Å². The second-order valence-electron chi connectivity index (χ2n) is 5.15. The van der Waals surface area contributed by atoms with Crippen molar-refractivity contribution < 1.29 is 14.3 Å². The number of rotatable bonds is 4. The van der Waals surface area contributed by atoms with E-state index in [0.717, 1.165) is 24.2 Å². The van der Waals surface area contributed by atoms with Crippen LogP contribution in [-0.4, -0.2) is 32.7 Å². The van der Waals surface area contributed by atoms with Crippen molar-refractivity contribution in [2.75, 3.05) is 26.1 Å². The molecule has 110 valence electrons. The quantitative estimate of drug-likeness (QED) is 0.884. The third-order valence-electron chi connectivity index (χ3n) is 3.85. The standard InChI is InChI=1S/C15H22N2O3/c1-9-7-13(19-3)14(20-4)8-12(9)17-15(18)11-5-6-16-10(11)2/h7-8,10-11,16H,5-6H2,1-4H3,(H,17,18). The van der Waals surface area contributed by atoms with E-state index in [1.54, 1.807) is 20.3 Å². The summed E-state index contributed by atoms with van der Waals surface area (Å²) in [6.07, 6.45) is 0.874. The van der Waals surface area contributed by atoms with Gasteiger partial charge in [-0.25, -0.2) is 0 Å². The number of aryl methyl sites for hydroxylation is 1. The van der Waals surface area contributed by atoms with Crippen molar-refractivity contribution in [2.24, 2.45) is 5.92 Å². The molecule has 1 fully saturated rings. The highest BCUT2D eigenvalue weighted by atomic mass is 16.5. The number of benzene rings is 1. The maximum absolute atomic E-state index is 12.3. The van der Waals surface area contributed by atoms with Gasteiger partial charge < -0.3 is 20.1 Å². The maximum atomic E-state index is 12.3. The molecule has 0 aromatic heterocycles. The lowest BCUT2D eigenvalue weighted by Gasteiger charge is -2.17. The van der Waals surface area contributed by atoms with Gasteiger partial charge in [-0.3, -0.25) is 4.79 Å². The molecule has 2 atom stereocenters. The van der Waals surface area contributed by atoms with E-state index in [9.17, 15) is 4.79 Å². The predicted molar refractivity (Wildman–Crippen MR) is 78.5 cm³/mol. The van der Waals surface area contributed by atoms with Crippen LogP contribution in [0.3, 0.4) is 0 Å². The van der Waals surface area contributed by atoms with Gasteiger partial charge in [0.1, 0.15) is 0 Å². The van der Waals surface area contributed by atoms with Gasteiger partial charge in [0.05, 0.1) is 20.1 Å². The van der Waals surface area contributed by atoms with E-state index >= 15 is 0 Å². The molecule has 1 heterocycles. The molecule has 20 heavy (non-hydrogen) atoms. The van der Waals surface area contributed by atoms with Gasteiger partial charge in [0, 0.05) is 17.8 Å². The zero-order valence-electron chi connectivity index (χ0n) is 12.4. The van der Waals surface area contributed by atoms with E-state index in [2.05, 4.69) is 10.6 Å². The first kappa shape index (κ1) is 14.7. The summed E-state index contributed by atoms with van der Waals surface area (Å²) in [6, 6.07) is 3.89. The first-order chi connectivity index (χ1) is 9.56. The number of amides is 1. The Balaban J connectivity index is 2.18. The molecule has 1 aliphatic heterocycles.